The van der Waals surface area contributed by atoms with Gasteiger partial charge in [-0.2, -0.15) is 0 Å². The molecule has 1 saturated carbocycles. The molecule has 0 heterocycles. The summed E-state index contributed by atoms with van der Waals surface area (Å²) in [4.78, 5) is 0. The summed E-state index contributed by atoms with van der Waals surface area (Å²) < 4.78 is 6.25. The fourth-order valence-corrected chi connectivity index (χ4v) is 3.27. The molecule has 1 aromatic rings. The quantitative estimate of drug-likeness (QED) is 0.874. The van der Waals surface area contributed by atoms with Gasteiger partial charge in [-0.25, -0.2) is 0 Å². The van der Waals surface area contributed by atoms with Gasteiger partial charge in [0.2, 0.25) is 0 Å². The number of hydrogen-bond donors (Lipinski definition) is 2. The summed E-state index contributed by atoms with van der Waals surface area (Å²) in [5.41, 5.74) is 7.44. The molecule has 0 radical (unpaired) electrons. The molecule has 3 N–H and O–H groups in total. The molecule has 0 amide bonds. The molecule has 0 aromatic heterocycles. The highest BCUT2D eigenvalue weighted by atomic mass is 79.9. The van der Waals surface area contributed by atoms with Gasteiger partial charge in [-0.15, -0.1) is 0 Å². The first-order chi connectivity index (χ1) is 9.20. The van der Waals surface area contributed by atoms with E-state index >= 15 is 0 Å². The van der Waals surface area contributed by atoms with Gasteiger partial charge in [-0.1, -0.05) is 18.9 Å². The molecule has 0 spiro atoms. The van der Waals surface area contributed by atoms with E-state index in [1.165, 1.54) is 24.8 Å². The SMILES string of the molecule is COc1ccc(CCNC2CCCCC2N)cc1Br. The van der Waals surface area contributed by atoms with Crippen LogP contribution in [0.2, 0.25) is 0 Å². The van der Waals surface area contributed by atoms with Gasteiger partial charge >= 0.3 is 0 Å². The lowest BCUT2D eigenvalue weighted by molar-refractivity contribution is 0.329. The van der Waals surface area contributed by atoms with Crippen molar-refractivity contribution in [3.8, 4) is 5.75 Å². The Morgan fingerprint density at radius 2 is 2.16 bits per heavy atom. The summed E-state index contributed by atoms with van der Waals surface area (Å²) in [6.45, 7) is 0.983. The topological polar surface area (TPSA) is 47.3 Å². The van der Waals surface area contributed by atoms with Crippen molar-refractivity contribution in [2.75, 3.05) is 13.7 Å². The standard InChI is InChI=1S/C15H23BrN2O/c1-19-15-7-6-11(10-12(15)16)8-9-18-14-5-3-2-4-13(14)17/h6-7,10,13-14,18H,2-5,8-9,17H2,1H3. The molecular weight excluding hydrogens is 304 g/mol. The van der Waals surface area contributed by atoms with Crippen LogP contribution in [-0.4, -0.2) is 25.7 Å². The van der Waals surface area contributed by atoms with Gasteiger partial charge in [-0.3, -0.25) is 0 Å². The van der Waals surface area contributed by atoms with Crippen LogP contribution in [0, 0.1) is 0 Å². The second-order valence-corrected chi connectivity index (χ2v) is 6.08. The lowest BCUT2D eigenvalue weighted by Gasteiger charge is -2.29. The first-order valence-electron chi connectivity index (χ1n) is 7.02. The number of methoxy groups -OCH3 is 1. The Bertz CT molecular complexity index is 411. The highest BCUT2D eigenvalue weighted by molar-refractivity contribution is 9.10. The van der Waals surface area contributed by atoms with Gasteiger partial charge in [0.15, 0.2) is 0 Å². The molecule has 19 heavy (non-hydrogen) atoms. The van der Waals surface area contributed by atoms with E-state index in [0.717, 1.165) is 29.6 Å². The molecule has 3 nitrogen and oxygen atoms in total. The summed E-state index contributed by atoms with van der Waals surface area (Å²) in [5.74, 6) is 0.881. The van der Waals surface area contributed by atoms with Gasteiger partial charge < -0.3 is 15.8 Å². The van der Waals surface area contributed by atoms with Crippen LogP contribution in [0.25, 0.3) is 0 Å². The van der Waals surface area contributed by atoms with E-state index in [2.05, 4.69) is 33.4 Å². The summed E-state index contributed by atoms with van der Waals surface area (Å²) in [7, 11) is 1.69. The van der Waals surface area contributed by atoms with Crippen molar-refractivity contribution in [3.63, 3.8) is 0 Å². The van der Waals surface area contributed by atoms with E-state index in [9.17, 15) is 0 Å². The van der Waals surface area contributed by atoms with E-state index in [4.69, 9.17) is 10.5 Å². The summed E-state index contributed by atoms with van der Waals surface area (Å²) in [5, 5.41) is 3.60. The Labute approximate surface area is 124 Å². The molecule has 106 valence electrons. The average Bonchev–Trinajstić information content (AvgIpc) is 2.41. The largest absolute Gasteiger partial charge is 0.496 e. The smallest absolute Gasteiger partial charge is 0.133 e. The summed E-state index contributed by atoms with van der Waals surface area (Å²) >= 11 is 3.52. The molecule has 1 aliphatic carbocycles. The van der Waals surface area contributed by atoms with Crippen molar-refractivity contribution in [1.82, 2.24) is 5.32 Å². The number of hydrogen-bond acceptors (Lipinski definition) is 3. The molecule has 2 unspecified atom stereocenters. The zero-order valence-electron chi connectivity index (χ0n) is 11.5. The van der Waals surface area contributed by atoms with Crippen LogP contribution in [-0.2, 0) is 6.42 Å². The monoisotopic (exact) mass is 326 g/mol. The van der Waals surface area contributed by atoms with Crippen LogP contribution in [0.1, 0.15) is 31.2 Å². The lowest BCUT2D eigenvalue weighted by atomic mass is 9.91. The molecule has 0 saturated heterocycles. The van der Waals surface area contributed by atoms with Crippen molar-refractivity contribution in [2.24, 2.45) is 5.73 Å². The van der Waals surface area contributed by atoms with Gasteiger partial charge in [0.05, 0.1) is 11.6 Å². The third kappa shape index (κ3) is 4.20. The van der Waals surface area contributed by atoms with Crippen molar-refractivity contribution in [1.29, 1.82) is 0 Å². The fourth-order valence-electron chi connectivity index (χ4n) is 2.68. The number of halogens is 1. The molecule has 0 bridgehead atoms. The zero-order chi connectivity index (χ0) is 13.7. The third-order valence-corrected chi connectivity index (χ3v) is 4.48. The number of nitrogens with one attached hydrogen (secondary N) is 1. The predicted octanol–water partition coefficient (Wildman–Crippen LogP) is 2.86. The Morgan fingerprint density at radius 3 is 2.84 bits per heavy atom. The highest BCUT2D eigenvalue weighted by Crippen LogP contribution is 2.25. The second kappa shape index (κ2) is 7.27. The van der Waals surface area contributed by atoms with Gasteiger partial charge in [-0.05, 0) is 59.4 Å². The van der Waals surface area contributed by atoms with Crippen molar-refractivity contribution in [3.05, 3.63) is 28.2 Å². The summed E-state index contributed by atoms with van der Waals surface area (Å²) in [6, 6.07) is 7.07. The fraction of sp³-hybridized carbons (Fsp3) is 0.600. The molecular formula is C15H23BrN2O. The van der Waals surface area contributed by atoms with Crippen LogP contribution < -0.4 is 15.8 Å². The van der Waals surface area contributed by atoms with E-state index in [0.29, 0.717) is 12.1 Å². The number of benzene rings is 1. The number of rotatable bonds is 5. The predicted molar refractivity (Wildman–Crippen MR) is 82.6 cm³/mol. The van der Waals surface area contributed by atoms with Crippen LogP contribution in [0.5, 0.6) is 5.75 Å². The maximum atomic E-state index is 6.13. The first-order valence-corrected chi connectivity index (χ1v) is 7.81. The molecule has 1 fully saturated rings. The molecule has 1 aromatic carbocycles. The number of nitrogens with two attached hydrogens (primary N) is 1. The molecule has 4 heteroatoms. The maximum absolute atomic E-state index is 6.13. The van der Waals surface area contributed by atoms with Crippen LogP contribution >= 0.6 is 15.9 Å². The Balaban J connectivity index is 1.80. The Morgan fingerprint density at radius 1 is 1.37 bits per heavy atom. The molecule has 2 atom stereocenters. The van der Waals surface area contributed by atoms with Gasteiger partial charge in [0.1, 0.15) is 5.75 Å². The normalized spacial score (nSPS) is 23.3. The zero-order valence-corrected chi connectivity index (χ0v) is 13.1. The van der Waals surface area contributed by atoms with Crippen molar-refractivity contribution < 1.29 is 4.74 Å². The van der Waals surface area contributed by atoms with E-state index in [1.54, 1.807) is 7.11 Å². The summed E-state index contributed by atoms with van der Waals surface area (Å²) in [6.07, 6.45) is 5.98. The minimum absolute atomic E-state index is 0.330. The van der Waals surface area contributed by atoms with Gasteiger partial charge in [0, 0.05) is 12.1 Å². The number of ether oxygens (including phenoxy) is 1. The van der Waals surface area contributed by atoms with E-state index in [-0.39, 0.29) is 0 Å². The highest BCUT2D eigenvalue weighted by Gasteiger charge is 2.20. The maximum Gasteiger partial charge on any atom is 0.133 e. The molecule has 1 aliphatic rings. The molecule has 2 rings (SSSR count). The second-order valence-electron chi connectivity index (χ2n) is 5.23. The third-order valence-electron chi connectivity index (χ3n) is 3.86. The first kappa shape index (κ1) is 14.8. The van der Waals surface area contributed by atoms with Gasteiger partial charge in [0.25, 0.3) is 0 Å². The van der Waals surface area contributed by atoms with Crippen LogP contribution in [0.4, 0.5) is 0 Å². The Kier molecular flexibility index (Phi) is 5.67. The van der Waals surface area contributed by atoms with Crippen LogP contribution in [0.3, 0.4) is 0 Å². The van der Waals surface area contributed by atoms with E-state index < -0.39 is 0 Å². The van der Waals surface area contributed by atoms with Crippen LogP contribution in [0.15, 0.2) is 22.7 Å². The minimum Gasteiger partial charge on any atom is -0.496 e. The van der Waals surface area contributed by atoms with Crippen molar-refractivity contribution >= 4 is 15.9 Å². The lowest BCUT2D eigenvalue weighted by Crippen LogP contribution is -2.47. The Hall–Kier alpha value is -0.580. The average molecular weight is 327 g/mol. The van der Waals surface area contributed by atoms with Crippen molar-refractivity contribution in [2.45, 2.75) is 44.2 Å². The minimum atomic E-state index is 0.330. The molecule has 0 aliphatic heterocycles. The van der Waals surface area contributed by atoms with E-state index in [1.807, 2.05) is 6.07 Å².